The average molecular weight is 412 g/mol. The first-order chi connectivity index (χ1) is 11.3. The summed E-state index contributed by atoms with van der Waals surface area (Å²) in [6.07, 6.45) is -0.814. The van der Waals surface area contributed by atoms with Crippen LogP contribution in [-0.2, 0) is 19.5 Å². The number of guanidine groups is 1. The van der Waals surface area contributed by atoms with E-state index in [1.165, 1.54) is 7.05 Å². The van der Waals surface area contributed by atoms with E-state index in [-0.39, 0.29) is 24.0 Å². The van der Waals surface area contributed by atoms with Crippen LogP contribution in [0, 0.1) is 0 Å². The molecule has 0 radical (unpaired) electrons. The second-order valence-electron chi connectivity index (χ2n) is 6.98. The fourth-order valence-corrected chi connectivity index (χ4v) is 4.92. The van der Waals surface area contributed by atoms with Gasteiger partial charge in [-0.1, -0.05) is 12.2 Å². The molecule has 2 aliphatic heterocycles. The van der Waals surface area contributed by atoms with Gasteiger partial charge >= 0.3 is 6.09 Å². The van der Waals surface area contributed by atoms with Crippen LogP contribution in [0.1, 0.15) is 27.7 Å². The van der Waals surface area contributed by atoms with E-state index < -0.39 is 37.9 Å². The van der Waals surface area contributed by atoms with Crippen LogP contribution in [0.3, 0.4) is 0 Å². The zero-order chi connectivity index (χ0) is 19.2. The maximum atomic E-state index is 12.9. The predicted octanol–water partition coefficient (Wildman–Crippen LogP) is 1.28. The number of carbonyl (C=O) groups excluding carboxylic acids is 1. The van der Waals surface area contributed by atoms with Gasteiger partial charge in [0.15, 0.2) is 0 Å². The average Bonchev–Trinajstić information content (AvgIpc) is 2.87. The zero-order valence-electron chi connectivity index (χ0n) is 14.7. The summed E-state index contributed by atoms with van der Waals surface area (Å²) in [5.41, 5.74) is -2.06. The minimum absolute atomic E-state index is 0.0138. The van der Waals surface area contributed by atoms with Crippen molar-refractivity contribution in [1.29, 1.82) is 0 Å². The number of alkyl halides is 1. The number of alkyl carbamates (subject to hydrolysis) is 1. The molecule has 3 atom stereocenters. The van der Waals surface area contributed by atoms with Crippen molar-refractivity contribution in [3.8, 4) is 0 Å². The number of carbonyl (C=O) groups is 1. The largest absolute Gasteiger partial charge is 0.444 e. The normalized spacial score (nSPS) is 29.4. The molecule has 8 nitrogen and oxygen atoms in total. The van der Waals surface area contributed by atoms with Crippen LogP contribution in [0.25, 0.3) is 0 Å². The quantitative estimate of drug-likeness (QED) is 0.543. The number of aliphatic imine (C=N–C) groups is 1. The van der Waals surface area contributed by atoms with E-state index in [0.717, 1.165) is 4.31 Å². The summed E-state index contributed by atoms with van der Waals surface area (Å²) >= 11 is 11.5. The monoisotopic (exact) mass is 411 g/mol. The lowest BCUT2D eigenvalue weighted by Crippen LogP contribution is -2.63. The highest BCUT2D eigenvalue weighted by Gasteiger charge is 2.59. The number of nitrogens with zero attached hydrogens (tertiary/aromatic N) is 2. The summed E-state index contributed by atoms with van der Waals surface area (Å²) < 4.78 is 37.2. The van der Waals surface area contributed by atoms with Crippen LogP contribution in [0.2, 0.25) is 0 Å². The molecule has 1 N–H and O–H groups in total. The molecule has 0 spiro atoms. The predicted molar refractivity (Wildman–Crippen MR) is 98.7 cm³/mol. The minimum atomic E-state index is -3.85. The molecule has 3 unspecified atom stereocenters. The van der Waals surface area contributed by atoms with Gasteiger partial charge in [-0.2, -0.15) is 0 Å². The van der Waals surface area contributed by atoms with Crippen molar-refractivity contribution < 1.29 is 22.7 Å². The number of hydrogen-bond donors (Lipinski definition) is 1. The Morgan fingerprint density at radius 2 is 2.16 bits per heavy atom. The van der Waals surface area contributed by atoms with Crippen molar-refractivity contribution in [3.05, 3.63) is 0 Å². The molecule has 0 aromatic carbocycles. The van der Waals surface area contributed by atoms with E-state index in [1.807, 2.05) is 0 Å². The SMILES string of the molecule is CC(Cl)C(=S)C12COCC1S(=O)(=O)N(C)C(NC(=O)OC(C)(C)C)=N2. The Morgan fingerprint density at radius 3 is 2.68 bits per heavy atom. The van der Waals surface area contributed by atoms with Crippen LogP contribution >= 0.6 is 23.8 Å². The number of thiocarbonyl (C=S) groups is 1. The van der Waals surface area contributed by atoms with Gasteiger partial charge in [-0.15, -0.1) is 11.6 Å². The summed E-state index contributed by atoms with van der Waals surface area (Å²) in [5, 5.41) is 0.813. The molecule has 25 heavy (non-hydrogen) atoms. The topological polar surface area (TPSA) is 97.3 Å². The van der Waals surface area contributed by atoms with Gasteiger partial charge in [-0.05, 0) is 27.7 Å². The minimum Gasteiger partial charge on any atom is -0.444 e. The Kier molecular flexibility index (Phi) is 5.40. The maximum absolute atomic E-state index is 12.9. The van der Waals surface area contributed by atoms with Gasteiger partial charge < -0.3 is 9.47 Å². The molecule has 0 saturated carbocycles. The smallest absolute Gasteiger partial charge is 0.414 e. The molecule has 1 fully saturated rings. The number of halogens is 1. The van der Waals surface area contributed by atoms with Gasteiger partial charge in [0.05, 0.1) is 18.6 Å². The fourth-order valence-electron chi connectivity index (χ4n) is 2.69. The number of nitrogens with one attached hydrogen (secondary N) is 1. The molecule has 1 amide bonds. The van der Waals surface area contributed by atoms with E-state index >= 15 is 0 Å². The summed E-state index contributed by atoms with van der Waals surface area (Å²) in [4.78, 5) is 16.8. The molecule has 0 bridgehead atoms. The highest BCUT2D eigenvalue weighted by atomic mass is 35.5. The molecule has 11 heteroatoms. The van der Waals surface area contributed by atoms with Crippen molar-refractivity contribution in [2.75, 3.05) is 20.3 Å². The zero-order valence-corrected chi connectivity index (χ0v) is 17.1. The number of rotatable bonds is 2. The molecule has 1 saturated heterocycles. The van der Waals surface area contributed by atoms with Crippen LogP contribution in [0.4, 0.5) is 4.79 Å². The van der Waals surface area contributed by atoms with E-state index in [2.05, 4.69) is 10.3 Å². The number of ether oxygens (including phenoxy) is 2. The van der Waals surface area contributed by atoms with Gasteiger partial charge in [0.25, 0.3) is 0 Å². The highest BCUT2D eigenvalue weighted by molar-refractivity contribution is 7.90. The summed E-state index contributed by atoms with van der Waals surface area (Å²) in [7, 11) is -2.55. The number of fused-ring (bicyclic) bond motifs is 1. The second-order valence-corrected chi connectivity index (χ2v) is 10.2. The number of hydrogen-bond acceptors (Lipinski definition) is 7. The Labute approximate surface area is 157 Å². The third kappa shape index (κ3) is 3.76. The van der Waals surface area contributed by atoms with E-state index in [4.69, 9.17) is 33.3 Å². The second kappa shape index (κ2) is 6.64. The molecule has 2 aliphatic rings. The van der Waals surface area contributed by atoms with Crippen LogP contribution < -0.4 is 5.32 Å². The lowest BCUT2D eigenvalue weighted by molar-refractivity contribution is 0.0559. The molecular weight excluding hydrogens is 390 g/mol. The first kappa shape index (κ1) is 20.3. The first-order valence-electron chi connectivity index (χ1n) is 7.65. The molecule has 0 aromatic rings. The van der Waals surface area contributed by atoms with Crippen LogP contribution in [-0.4, -0.2) is 71.7 Å². The molecule has 0 aromatic heterocycles. The molecule has 0 aliphatic carbocycles. The lowest BCUT2D eigenvalue weighted by atomic mass is 9.92. The third-order valence-corrected chi connectivity index (χ3v) is 7.11. The summed E-state index contributed by atoms with van der Waals surface area (Å²) in [5.74, 6) is -0.171. The van der Waals surface area contributed by atoms with Crippen LogP contribution in [0.15, 0.2) is 4.99 Å². The Balaban J connectivity index is 2.46. The highest BCUT2D eigenvalue weighted by Crippen LogP contribution is 2.37. The van der Waals surface area contributed by atoms with Gasteiger partial charge in [-0.3, -0.25) is 5.32 Å². The van der Waals surface area contributed by atoms with E-state index in [0.29, 0.717) is 0 Å². The van der Waals surface area contributed by atoms with E-state index in [1.54, 1.807) is 27.7 Å². The fraction of sp³-hybridized carbons (Fsp3) is 0.786. The Hall–Kier alpha value is -0.970. The van der Waals surface area contributed by atoms with E-state index in [9.17, 15) is 13.2 Å². The summed E-state index contributed by atoms with van der Waals surface area (Å²) in [6, 6.07) is 0. The lowest BCUT2D eigenvalue weighted by Gasteiger charge is -2.39. The Bertz CT molecular complexity index is 716. The number of sulfonamides is 1. The third-order valence-electron chi connectivity index (χ3n) is 3.87. The molecular formula is C14H22ClN3O5S2. The van der Waals surface area contributed by atoms with Gasteiger partial charge in [-0.25, -0.2) is 22.5 Å². The maximum Gasteiger partial charge on any atom is 0.414 e. The van der Waals surface area contributed by atoms with Gasteiger partial charge in [0, 0.05) is 11.9 Å². The van der Waals surface area contributed by atoms with Crippen molar-refractivity contribution in [2.45, 2.75) is 49.5 Å². The Morgan fingerprint density at radius 1 is 1.56 bits per heavy atom. The van der Waals surface area contributed by atoms with Crippen molar-refractivity contribution in [2.24, 2.45) is 4.99 Å². The van der Waals surface area contributed by atoms with Crippen molar-refractivity contribution in [1.82, 2.24) is 9.62 Å². The van der Waals surface area contributed by atoms with Gasteiger partial charge in [0.2, 0.25) is 16.0 Å². The van der Waals surface area contributed by atoms with Crippen LogP contribution in [0.5, 0.6) is 0 Å². The van der Waals surface area contributed by atoms with Crippen molar-refractivity contribution in [3.63, 3.8) is 0 Å². The molecule has 2 rings (SSSR count). The number of amides is 1. The molecule has 142 valence electrons. The van der Waals surface area contributed by atoms with Gasteiger partial charge in [0.1, 0.15) is 16.4 Å². The van der Waals surface area contributed by atoms with Crippen molar-refractivity contribution >= 4 is 50.8 Å². The molecule has 2 heterocycles. The summed E-state index contributed by atoms with van der Waals surface area (Å²) in [6.45, 7) is 6.68. The first-order valence-corrected chi connectivity index (χ1v) is 10.00. The standard InChI is InChI=1S/C14H22ClN3O5S2/c1-8(15)10(24)14-7-22-6-9(14)25(20,21)18(5)11(17-14)16-12(19)23-13(2,3)4/h8-9H,6-7H2,1-5H3,(H,16,17,19).